The molecule has 0 radical (unpaired) electrons. The van der Waals surface area contributed by atoms with Crippen LogP contribution in [0.2, 0.25) is 10.0 Å². The molecular formula is C13H14Cl2O2. The van der Waals surface area contributed by atoms with Gasteiger partial charge in [-0.3, -0.25) is 9.59 Å². The third-order valence-corrected chi connectivity index (χ3v) is 3.23. The van der Waals surface area contributed by atoms with Crippen molar-refractivity contribution in [3.63, 3.8) is 0 Å². The van der Waals surface area contributed by atoms with Gasteiger partial charge in [0.1, 0.15) is 5.78 Å². The summed E-state index contributed by atoms with van der Waals surface area (Å²) in [5.74, 6) is -0.407. The van der Waals surface area contributed by atoms with Crippen LogP contribution >= 0.6 is 23.2 Å². The first-order valence-electron chi connectivity index (χ1n) is 5.24. The van der Waals surface area contributed by atoms with Crippen molar-refractivity contribution in [3.8, 4) is 0 Å². The van der Waals surface area contributed by atoms with Gasteiger partial charge in [0.15, 0.2) is 5.78 Å². The molecule has 0 saturated carbocycles. The maximum atomic E-state index is 11.9. The van der Waals surface area contributed by atoms with Gasteiger partial charge in [0, 0.05) is 11.0 Å². The molecule has 0 atom stereocenters. The summed E-state index contributed by atoms with van der Waals surface area (Å²) in [7, 11) is 0. The van der Waals surface area contributed by atoms with E-state index in [9.17, 15) is 9.59 Å². The van der Waals surface area contributed by atoms with Gasteiger partial charge in [-0.1, -0.05) is 50.0 Å². The Morgan fingerprint density at radius 2 is 1.76 bits per heavy atom. The van der Waals surface area contributed by atoms with Crippen LogP contribution in [0.3, 0.4) is 0 Å². The molecule has 0 saturated heterocycles. The maximum Gasteiger partial charge on any atom is 0.171 e. The summed E-state index contributed by atoms with van der Waals surface area (Å²) in [6.45, 7) is 5.34. The monoisotopic (exact) mass is 272 g/mol. The quantitative estimate of drug-likeness (QED) is 0.611. The Balaban J connectivity index is 2.92. The fourth-order valence-electron chi connectivity index (χ4n) is 1.23. The van der Waals surface area contributed by atoms with Crippen molar-refractivity contribution in [1.82, 2.24) is 0 Å². The van der Waals surface area contributed by atoms with E-state index in [1.54, 1.807) is 39.0 Å². The van der Waals surface area contributed by atoms with Gasteiger partial charge in [-0.05, 0) is 12.1 Å². The highest BCUT2D eigenvalue weighted by atomic mass is 35.5. The average Bonchev–Trinajstić information content (AvgIpc) is 2.20. The summed E-state index contributed by atoms with van der Waals surface area (Å²) in [5.41, 5.74) is -0.225. The van der Waals surface area contributed by atoms with Crippen LogP contribution in [0.5, 0.6) is 0 Å². The molecule has 92 valence electrons. The summed E-state index contributed by atoms with van der Waals surface area (Å²) in [4.78, 5) is 23.7. The van der Waals surface area contributed by atoms with Gasteiger partial charge in [0.25, 0.3) is 0 Å². The first kappa shape index (κ1) is 14.2. The lowest BCUT2D eigenvalue weighted by atomic mass is 9.87. The molecule has 17 heavy (non-hydrogen) atoms. The van der Waals surface area contributed by atoms with Gasteiger partial charge in [0.2, 0.25) is 0 Å². The molecule has 0 aliphatic carbocycles. The molecule has 4 heteroatoms. The number of benzene rings is 1. The van der Waals surface area contributed by atoms with Crippen molar-refractivity contribution < 1.29 is 9.59 Å². The molecule has 0 unspecified atom stereocenters. The minimum Gasteiger partial charge on any atom is -0.299 e. The summed E-state index contributed by atoms with van der Waals surface area (Å²) < 4.78 is 0. The van der Waals surface area contributed by atoms with Gasteiger partial charge in [-0.2, -0.15) is 0 Å². The van der Waals surface area contributed by atoms with Crippen LogP contribution in [0.4, 0.5) is 0 Å². The highest BCUT2D eigenvalue weighted by Crippen LogP contribution is 2.27. The molecule has 1 aromatic rings. The lowest BCUT2D eigenvalue weighted by Gasteiger charge is -2.16. The molecule has 1 aromatic carbocycles. The first-order chi connectivity index (χ1) is 7.73. The topological polar surface area (TPSA) is 34.1 Å². The van der Waals surface area contributed by atoms with E-state index in [0.717, 1.165) is 0 Å². The zero-order valence-electron chi connectivity index (χ0n) is 10.0. The molecule has 1 rings (SSSR count). The number of hydrogen-bond acceptors (Lipinski definition) is 2. The molecule has 0 bridgehead atoms. The van der Waals surface area contributed by atoms with Gasteiger partial charge in [-0.25, -0.2) is 0 Å². The van der Waals surface area contributed by atoms with E-state index in [1.807, 2.05) is 0 Å². The predicted molar refractivity (Wildman–Crippen MR) is 69.9 cm³/mol. The van der Waals surface area contributed by atoms with Crippen molar-refractivity contribution >= 4 is 34.8 Å². The van der Waals surface area contributed by atoms with Crippen LogP contribution < -0.4 is 0 Å². The third kappa shape index (κ3) is 3.55. The molecule has 0 aliphatic heterocycles. The lowest BCUT2D eigenvalue weighted by Crippen LogP contribution is -2.23. The predicted octanol–water partition coefficient (Wildman–Crippen LogP) is 4.18. The minimum absolute atomic E-state index is 0.112. The van der Waals surface area contributed by atoms with Gasteiger partial charge >= 0.3 is 0 Å². The number of carbonyl (C=O) groups excluding carboxylic acids is 2. The Morgan fingerprint density at radius 3 is 2.29 bits per heavy atom. The summed E-state index contributed by atoms with van der Waals surface area (Å²) >= 11 is 11.7. The fourth-order valence-corrected chi connectivity index (χ4v) is 1.63. The summed E-state index contributed by atoms with van der Waals surface area (Å²) in [6.07, 6.45) is -0.149. The first-order valence-corrected chi connectivity index (χ1v) is 5.99. The minimum atomic E-state index is -0.527. The molecule has 2 nitrogen and oxygen atoms in total. The average molecular weight is 273 g/mol. The van der Waals surface area contributed by atoms with Crippen LogP contribution in [-0.2, 0) is 4.79 Å². The van der Waals surface area contributed by atoms with Gasteiger partial charge in [0.05, 0.1) is 16.5 Å². The van der Waals surface area contributed by atoms with Crippen molar-refractivity contribution in [2.75, 3.05) is 0 Å². The van der Waals surface area contributed by atoms with Crippen LogP contribution in [0.15, 0.2) is 18.2 Å². The molecule has 0 amide bonds. The maximum absolute atomic E-state index is 11.9. The van der Waals surface area contributed by atoms with Crippen molar-refractivity contribution in [2.45, 2.75) is 27.2 Å². The van der Waals surface area contributed by atoms with Crippen molar-refractivity contribution in [2.24, 2.45) is 5.41 Å². The zero-order valence-corrected chi connectivity index (χ0v) is 11.5. The zero-order chi connectivity index (χ0) is 13.2. The van der Waals surface area contributed by atoms with E-state index in [4.69, 9.17) is 23.2 Å². The number of Topliss-reactive ketones (excluding diaryl/α,β-unsaturated/α-hetero) is 2. The largest absolute Gasteiger partial charge is 0.299 e. The van der Waals surface area contributed by atoms with E-state index in [2.05, 4.69) is 0 Å². The lowest BCUT2D eigenvalue weighted by molar-refractivity contribution is -0.125. The number of hydrogen-bond donors (Lipinski definition) is 0. The molecular weight excluding hydrogens is 259 g/mol. The molecule has 0 spiro atoms. The van der Waals surface area contributed by atoms with Gasteiger partial charge in [-0.15, -0.1) is 0 Å². The van der Waals surface area contributed by atoms with Crippen LogP contribution in [0.1, 0.15) is 37.6 Å². The van der Waals surface area contributed by atoms with E-state index < -0.39 is 5.41 Å². The highest BCUT2D eigenvalue weighted by Gasteiger charge is 2.25. The number of carbonyl (C=O) groups is 2. The van der Waals surface area contributed by atoms with E-state index in [-0.39, 0.29) is 23.0 Å². The molecule has 0 fully saturated rings. The highest BCUT2D eigenvalue weighted by molar-refractivity contribution is 6.44. The SMILES string of the molecule is CC(C)(C)C(=O)CC(=O)c1cccc(Cl)c1Cl. The second-order valence-electron chi connectivity index (χ2n) is 4.87. The van der Waals surface area contributed by atoms with E-state index in [0.29, 0.717) is 10.6 Å². The van der Waals surface area contributed by atoms with E-state index >= 15 is 0 Å². The number of ketones is 2. The number of rotatable bonds is 3. The molecule has 0 N–H and O–H groups in total. The molecule has 0 heterocycles. The van der Waals surface area contributed by atoms with Crippen molar-refractivity contribution in [3.05, 3.63) is 33.8 Å². The Kier molecular flexibility index (Phi) is 4.34. The summed E-state index contributed by atoms with van der Waals surface area (Å²) in [6, 6.07) is 4.82. The fraction of sp³-hybridized carbons (Fsp3) is 0.385. The van der Waals surface area contributed by atoms with Crippen LogP contribution in [0.25, 0.3) is 0 Å². The Hall–Kier alpha value is -0.860. The standard InChI is InChI=1S/C13H14Cl2O2/c1-13(2,3)11(17)7-10(16)8-5-4-6-9(14)12(8)15/h4-6H,7H2,1-3H3. The normalized spacial score (nSPS) is 11.4. The molecule has 0 aliphatic rings. The second kappa shape index (κ2) is 5.19. The summed E-state index contributed by atoms with van der Waals surface area (Å²) in [5, 5.41) is 0.529. The Bertz CT molecular complexity index is 459. The Morgan fingerprint density at radius 1 is 1.18 bits per heavy atom. The second-order valence-corrected chi connectivity index (χ2v) is 5.66. The molecule has 0 aromatic heterocycles. The Labute approximate surface area is 111 Å². The van der Waals surface area contributed by atoms with Gasteiger partial charge < -0.3 is 0 Å². The van der Waals surface area contributed by atoms with Crippen LogP contribution in [0, 0.1) is 5.41 Å². The van der Waals surface area contributed by atoms with Crippen LogP contribution in [-0.4, -0.2) is 11.6 Å². The number of halogens is 2. The van der Waals surface area contributed by atoms with E-state index in [1.165, 1.54) is 0 Å². The van der Waals surface area contributed by atoms with Crippen molar-refractivity contribution in [1.29, 1.82) is 0 Å². The third-order valence-electron chi connectivity index (χ3n) is 2.41. The smallest absolute Gasteiger partial charge is 0.171 e.